The van der Waals surface area contributed by atoms with E-state index in [0.717, 1.165) is 37.9 Å². The lowest BCUT2D eigenvalue weighted by Gasteiger charge is -2.35. The molecule has 1 aromatic rings. The van der Waals surface area contributed by atoms with Crippen molar-refractivity contribution in [3.63, 3.8) is 0 Å². The largest absolute Gasteiger partial charge is 0.336 e. The number of nitrogens with zero attached hydrogens (tertiary/aromatic N) is 2. The van der Waals surface area contributed by atoms with Crippen LogP contribution in [-0.2, 0) is 0 Å². The van der Waals surface area contributed by atoms with E-state index in [0.29, 0.717) is 12.1 Å². The first-order valence-electron chi connectivity index (χ1n) is 7.81. The van der Waals surface area contributed by atoms with E-state index in [-0.39, 0.29) is 17.6 Å². The predicted molar refractivity (Wildman–Crippen MR) is 85.1 cm³/mol. The molecule has 6 heteroatoms. The summed E-state index contributed by atoms with van der Waals surface area (Å²) in [7, 11) is 0. The highest BCUT2D eigenvalue weighted by Crippen LogP contribution is 2.22. The molecular formula is C16H23N3O3. The van der Waals surface area contributed by atoms with Gasteiger partial charge in [0.05, 0.1) is 4.92 Å². The zero-order chi connectivity index (χ0) is 16.1. The topological polar surface area (TPSA) is 75.5 Å². The minimum absolute atomic E-state index is 0.0318. The third kappa shape index (κ3) is 3.62. The molecule has 0 bridgehead atoms. The van der Waals surface area contributed by atoms with Gasteiger partial charge in [0.1, 0.15) is 0 Å². The third-order valence-electron chi connectivity index (χ3n) is 4.14. The van der Waals surface area contributed by atoms with Crippen LogP contribution in [0.5, 0.6) is 0 Å². The number of piperidine rings is 1. The van der Waals surface area contributed by atoms with E-state index >= 15 is 0 Å². The molecule has 1 amide bonds. The third-order valence-corrected chi connectivity index (χ3v) is 4.14. The fourth-order valence-corrected chi connectivity index (χ4v) is 2.92. The van der Waals surface area contributed by atoms with Crippen molar-refractivity contribution < 1.29 is 9.72 Å². The minimum atomic E-state index is -0.453. The summed E-state index contributed by atoms with van der Waals surface area (Å²) in [5.41, 5.74) is 1.20. The molecule has 1 aliphatic rings. The van der Waals surface area contributed by atoms with Gasteiger partial charge in [0.15, 0.2) is 0 Å². The number of rotatable bonds is 5. The second kappa shape index (κ2) is 7.35. The second-order valence-corrected chi connectivity index (χ2v) is 5.74. The Morgan fingerprint density at radius 3 is 2.68 bits per heavy atom. The van der Waals surface area contributed by atoms with Gasteiger partial charge in [-0.2, -0.15) is 0 Å². The molecule has 0 unspecified atom stereocenters. The van der Waals surface area contributed by atoms with Gasteiger partial charge < -0.3 is 10.2 Å². The van der Waals surface area contributed by atoms with Crippen LogP contribution in [0.15, 0.2) is 18.2 Å². The number of hydrogen-bond donors (Lipinski definition) is 1. The Bertz CT molecular complexity index is 554. The average Bonchev–Trinajstić information content (AvgIpc) is 2.53. The summed E-state index contributed by atoms with van der Waals surface area (Å²) in [4.78, 5) is 25.3. The molecule has 22 heavy (non-hydrogen) atoms. The summed E-state index contributed by atoms with van der Waals surface area (Å²) in [5.74, 6) is -0.0880. The molecule has 6 nitrogen and oxygen atoms in total. The SMILES string of the molecule is CCCN(C(=O)c1cc([N+](=O)[O-])ccc1C)C1CCNCC1. The van der Waals surface area contributed by atoms with Crippen molar-refractivity contribution in [3.05, 3.63) is 39.4 Å². The van der Waals surface area contributed by atoms with Crippen LogP contribution in [0.1, 0.15) is 42.1 Å². The standard InChI is InChI=1S/C16H23N3O3/c1-3-10-18(13-6-8-17-9-7-13)16(20)15-11-14(19(21)22)5-4-12(15)2/h4-5,11,13,17H,3,6-10H2,1-2H3. The highest BCUT2D eigenvalue weighted by molar-refractivity contribution is 5.96. The molecule has 0 aliphatic carbocycles. The Balaban J connectivity index is 2.29. The van der Waals surface area contributed by atoms with E-state index in [1.165, 1.54) is 12.1 Å². The van der Waals surface area contributed by atoms with Crippen LogP contribution in [0.2, 0.25) is 0 Å². The van der Waals surface area contributed by atoms with Gasteiger partial charge in [-0.05, 0) is 44.8 Å². The quantitative estimate of drug-likeness (QED) is 0.670. The van der Waals surface area contributed by atoms with Crippen LogP contribution in [-0.4, -0.2) is 41.4 Å². The van der Waals surface area contributed by atoms with Gasteiger partial charge in [0, 0.05) is 30.3 Å². The minimum Gasteiger partial charge on any atom is -0.336 e. The summed E-state index contributed by atoms with van der Waals surface area (Å²) >= 11 is 0. The second-order valence-electron chi connectivity index (χ2n) is 5.74. The Kier molecular flexibility index (Phi) is 5.49. The molecule has 0 atom stereocenters. The van der Waals surface area contributed by atoms with E-state index in [4.69, 9.17) is 0 Å². The van der Waals surface area contributed by atoms with Gasteiger partial charge in [0.2, 0.25) is 0 Å². The monoisotopic (exact) mass is 305 g/mol. The van der Waals surface area contributed by atoms with Crippen LogP contribution >= 0.6 is 0 Å². The molecular weight excluding hydrogens is 282 g/mol. The lowest BCUT2D eigenvalue weighted by molar-refractivity contribution is -0.384. The van der Waals surface area contributed by atoms with Gasteiger partial charge in [-0.15, -0.1) is 0 Å². The summed E-state index contributed by atoms with van der Waals surface area (Å²) in [5, 5.41) is 14.3. The van der Waals surface area contributed by atoms with Gasteiger partial charge in [0.25, 0.3) is 11.6 Å². The number of non-ortho nitro benzene ring substituents is 1. The summed E-state index contributed by atoms with van der Waals surface area (Å²) < 4.78 is 0. The van der Waals surface area contributed by atoms with E-state index in [1.54, 1.807) is 6.07 Å². The van der Waals surface area contributed by atoms with E-state index < -0.39 is 4.92 Å². The number of benzene rings is 1. The van der Waals surface area contributed by atoms with Crippen LogP contribution in [0.3, 0.4) is 0 Å². The average molecular weight is 305 g/mol. The first kappa shape index (κ1) is 16.4. The number of nitro benzene ring substituents is 1. The summed E-state index contributed by atoms with van der Waals surface area (Å²) in [6.45, 7) is 6.37. The molecule has 2 rings (SSSR count). The normalized spacial score (nSPS) is 15.5. The Morgan fingerprint density at radius 1 is 1.41 bits per heavy atom. The molecule has 0 spiro atoms. The Hall–Kier alpha value is -1.95. The van der Waals surface area contributed by atoms with Crippen molar-refractivity contribution in [1.29, 1.82) is 0 Å². The highest BCUT2D eigenvalue weighted by Gasteiger charge is 2.27. The van der Waals surface area contributed by atoms with Crippen molar-refractivity contribution in [2.75, 3.05) is 19.6 Å². The van der Waals surface area contributed by atoms with Gasteiger partial charge in [-0.25, -0.2) is 0 Å². The predicted octanol–water partition coefficient (Wildman–Crippen LogP) is 2.51. The number of nitro groups is 1. The molecule has 0 radical (unpaired) electrons. The van der Waals surface area contributed by atoms with Crippen LogP contribution in [0, 0.1) is 17.0 Å². The van der Waals surface area contributed by atoms with E-state index in [9.17, 15) is 14.9 Å². The first-order valence-corrected chi connectivity index (χ1v) is 7.81. The Labute approximate surface area is 130 Å². The number of hydrogen-bond acceptors (Lipinski definition) is 4. The number of nitrogens with one attached hydrogen (secondary N) is 1. The van der Waals surface area contributed by atoms with Crippen molar-refractivity contribution >= 4 is 11.6 Å². The maximum absolute atomic E-state index is 12.9. The van der Waals surface area contributed by atoms with E-state index in [2.05, 4.69) is 5.32 Å². The number of carbonyl (C=O) groups excluding carboxylic acids is 1. The van der Waals surface area contributed by atoms with Crippen molar-refractivity contribution in [2.45, 2.75) is 39.2 Å². The molecule has 0 saturated carbocycles. The van der Waals surface area contributed by atoms with Crippen molar-refractivity contribution in [3.8, 4) is 0 Å². The smallest absolute Gasteiger partial charge is 0.270 e. The molecule has 1 aromatic carbocycles. The summed E-state index contributed by atoms with van der Waals surface area (Å²) in [6.07, 6.45) is 2.74. The van der Waals surface area contributed by atoms with Gasteiger partial charge >= 0.3 is 0 Å². The highest BCUT2D eigenvalue weighted by atomic mass is 16.6. The first-order chi connectivity index (χ1) is 10.5. The van der Waals surface area contributed by atoms with Crippen molar-refractivity contribution in [2.24, 2.45) is 0 Å². The van der Waals surface area contributed by atoms with Crippen molar-refractivity contribution in [1.82, 2.24) is 10.2 Å². The van der Waals surface area contributed by atoms with Gasteiger partial charge in [-0.1, -0.05) is 13.0 Å². The van der Waals surface area contributed by atoms with Crippen LogP contribution < -0.4 is 5.32 Å². The molecule has 1 aliphatic heterocycles. The van der Waals surface area contributed by atoms with Crippen LogP contribution in [0.25, 0.3) is 0 Å². The molecule has 0 aromatic heterocycles. The van der Waals surface area contributed by atoms with Crippen LogP contribution in [0.4, 0.5) is 5.69 Å². The fourth-order valence-electron chi connectivity index (χ4n) is 2.92. The lowest BCUT2D eigenvalue weighted by Crippen LogP contribution is -2.46. The molecule has 1 N–H and O–H groups in total. The van der Waals surface area contributed by atoms with E-state index in [1.807, 2.05) is 18.7 Å². The zero-order valence-corrected chi connectivity index (χ0v) is 13.2. The zero-order valence-electron chi connectivity index (χ0n) is 13.2. The maximum atomic E-state index is 12.9. The molecule has 1 fully saturated rings. The number of aryl methyl sites for hydroxylation is 1. The van der Waals surface area contributed by atoms with Gasteiger partial charge in [-0.3, -0.25) is 14.9 Å². The molecule has 120 valence electrons. The molecule has 1 saturated heterocycles. The fraction of sp³-hybridized carbons (Fsp3) is 0.562. The summed E-state index contributed by atoms with van der Waals surface area (Å²) in [6, 6.07) is 4.72. The Morgan fingerprint density at radius 2 is 2.09 bits per heavy atom. The number of amides is 1. The molecule has 1 heterocycles. The lowest BCUT2D eigenvalue weighted by atomic mass is 10.0. The maximum Gasteiger partial charge on any atom is 0.270 e. The number of carbonyl (C=O) groups is 1.